The van der Waals surface area contributed by atoms with Crippen LogP contribution in [0.3, 0.4) is 0 Å². The Morgan fingerprint density at radius 2 is 2.14 bits per heavy atom. The number of esters is 2. The minimum atomic E-state index is -0.725. The third-order valence-electron chi connectivity index (χ3n) is 7.36. The third kappa shape index (κ3) is 5.08. The molecule has 0 bridgehead atoms. The first-order valence-corrected chi connectivity index (χ1v) is 12.4. The number of hydrogen-bond donors (Lipinski definition) is 1. The first kappa shape index (κ1) is 26.3. The van der Waals surface area contributed by atoms with Gasteiger partial charge in [-0.2, -0.15) is 0 Å². The van der Waals surface area contributed by atoms with Crippen molar-refractivity contribution >= 4 is 29.6 Å². The van der Waals surface area contributed by atoms with Crippen molar-refractivity contribution in [2.75, 3.05) is 20.3 Å². The fraction of sp³-hybridized carbons (Fsp3) is 0.429. The average Bonchev–Trinajstić information content (AvgIpc) is 3.15. The molecule has 4 atom stereocenters. The van der Waals surface area contributed by atoms with E-state index in [-0.39, 0.29) is 47.5 Å². The Morgan fingerprint density at radius 3 is 2.86 bits per heavy atom. The molecule has 1 aromatic carbocycles. The Hall–Kier alpha value is -3.75. The largest absolute Gasteiger partial charge is 0.463 e. The van der Waals surface area contributed by atoms with Crippen LogP contribution in [-0.2, 0) is 23.9 Å². The SMILES string of the molecule is CCOC(=O)/C=C/c1cccc(F)c1C(=O)NCC1=C2[C@@H]3OC(=O)[C@@H](C)[C@@H]3CC[C@@]2(C)C=C/C1=N\OC. The number of carbonyl (C=O) groups excluding carboxylic acids is 3. The molecule has 2 aliphatic carbocycles. The van der Waals surface area contributed by atoms with E-state index in [0.29, 0.717) is 11.3 Å². The van der Waals surface area contributed by atoms with Gasteiger partial charge in [0.05, 0.1) is 18.1 Å². The molecule has 0 unspecified atom stereocenters. The minimum absolute atomic E-state index is 0.0147. The van der Waals surface area contributed by atoms with Crippen molar-refractivity contribution in [1.29, 1.82) is 0 Å². The van der Waals surface area contributed by atoms with Crippen LogP contribution in [0.25, 0.3) is 6.08 Å². The van der Waals surface area contributed by atoms with Crippen LogP contribution in [0.1, 0.15) is 49.5 Å². The lowest BCUT2D eigenvalue weighted by atomic mass is 9.61. The van der Waals surface area contributed by atoms with Crippen molar-refractivity contribution in [3.05, 3.63) is 64.5 Å². The second kappa shape index (κ2) is 10.7. The van der Waals surface area contributed by atoms with E-state index in [2.05, 4.69) is 17.4 Å². The molecule has 2 fully saturated rings. The maximum Gasteiger partial charge on any atom is 0.330 e. The number of amides is 1. The quantitative estimate of drug-likeness (QED) is 0.338. The van der Waals surface area contributed by atoms with Gasteiger partial charge in [0.2, 0.25) is 0 Å². The maximum atomic E-state index is 14.8. The van der Waals surface area contributed by atoms with Crippen LogP contribution in [0.2, 0.25) is 0 Å². The number of benzene rings is 1. The smallest absolute Gasteiger partial charge is 0.330 e. The molecule has 0 spiro atoms. The van der Waals surface area contributed by atoms with E-state index in [9.17, 15) is 18.8 Å². The van der Waals surface area contributed by atoms with E-state index >= 15 is 0 Å². The molecule has 9 heteroatoms. The van der Waals surface area contributed by atoms with E-state index in [1.165, 1.54) is 25.3 Å². The molecule has 8 nitrogen and oxygen atoms in total. The first-order chi connectivity index (χ1) is 17.7. The predicted octanol–water partition coefficient (Wildman–Crippen LogP) is 3.98. The number of ether oxygens (including phenoxy) is 2. The average molecular weight is 511 g/mol. The highest BCUT2D eigenvalue weighted by molar-refractivity contribution is 6.11. The summed E-state index contributed by atoms with van der Waals surface area (Å²) < 4.78 is 25.5. The molecule has 1 heterocycles. The lowest BCUT2D eigenvalue weighted by Crippen LogP contribution is -2.42. The monoisotopic (exact) mass is 510 g/mol. The van der Waals surface area contributed by atoms with Crippen molar-refractivity contribution < 1.29 is 33.1 Å². The molecule has 1 aliphatic heterocycles. The highest BCUT2D eigenvalue weighted by Gasteiger charge is 2.53. The molecular formula is C28H31FN2O6. The summed E-state index contributed by atoms with van der Waals surface area (Å²) in [4.78, 5) is 42.5. The molecule has 0 radical (unpaired) electrons. The van der Waals surface area contributed by atoms with Gasteiger partial charge >= 0.3 is 11.9 Å². The molecule has 196 valence electrons. The van der Waals surface area contributed by atoms with Gasteiger partial charge in [-0.25, -0.2) is 9.18 Å². The zero-order valence-electron chi connectivity index (χ0n) is 21.4. The molecular weight excluding hydrogens is 479 g/mol. The number of nitrogens with zero attached hydrogens (tertiary/aromatic N) is 1. The topological polar surface area (TPSA) is 103 Å². The minimum Gasteiger partial charge on any atom is -0.463 e. The van der Waals surface area contributed by atoms with Crippen LogP contribution in [0.15, 0.2) is 52.7 Å². The summed E-state index contributed by atoms with van der Waals surface area (Å²) in [5.41, 5.74) is 1.72. The number of oxime groups is 1. The van der Waals surface area contributed by atoms with Gasteiger partial charge in [-0.3, -0.25) is 9.59 Å². The van der Waals surface area contributed by atoms with Gasteiger partial charge < -0.3 is 19.6 Å². The molecule has 4 rings (SSSR count). The van der Waals surface area contributed by atoms with Gasteiger partial charge in [0, 0.05) is 29.5 Å². The highest BCUT2D eigenvalue weighted by Crippen LogP contribution is 2.53. The predicted molar refractivity (Wildman–Crippen MR) is 135 cm³/mol. The van der Waals surface area contributed by atoms with Crippen LogP contribution in [-0.4, -0.2) is 49.9 Å². The zero-order valence-corrected chi connectivity index (χ0v) is 21.4. The lowest BCUT2D eigenvalue weighted by molar-refractivity contribution is -0.143. The molecule has 1 aromatic rings. The van der Waals surface area contributed by atoms with Gasteiger partial charge in [0.15, 0.2) is 0 Å². The molecule has 1 amide bonds. The zero-order chi connectivity index (χ0) is 26.7. The summed E-state index contributed by atoms with van der Waals surface area (Å²) in [6.07, 6.45) is 7.59. The molecule has 1 saturated carbocycles. The molecule has 1 saturated heterocycles. The number of hydrogen-bond acceptors (Lipinski definition) is 7. The van der Waals surface area contributed by atoms with Crippen molar-refractivity contribution in [2.24, 2.45) is 22.4 Å². The molecule has 37 heavy (non-hydrogen) atoms. The Kier molecular flexibility index (Phi) is 7.61. The lowest BCUT2D eigenvalue weighted by Gasteiger charge is -2.43. The number of fused-ring (bicyclic) bond motifs is 3. The van der Waals surface area contributed by atoms with Crippen molar-refractivity contribution in [3.8, 4) is 0 Å². The van der Waals surface area contributed by atoms with E-state index < -0.39 is 23.8 Å². The van der Waals surface area contributed by atoms with Crippen molar-refractivity contribution in [3.63, 3.8) is 0 Å². The number of nitrogens with one attached hydrogen (secondary N) is 1. The van der Waals surface area contributed by atoms with Crippen molar-refractivity contribution in [1.82, 2.24) is 5.32 Å². The Bertz CT molecular complexity index is 1230. The maximum absolute atomic E-state index is 14.8. The fourth-order valence-electron chi connectivity index (χ4n) is 5.44. The second-order valence-corrected chi connectivity index (χ2v) is 9.62. The van der Waals surface area contributed by atoms with Crippen LogP contribution >= 0.6 is 0 Å². The normalized spacial score (nSPS) is 27.6. The van der Waals surface area contributed by atoms with Crippen LogP contribution in [0.5, 0.6) is 0 Å². The van der Waals surface area contributed by atoms with E-state index in [0.717, 1.165) is 24.5 Å². The van der Waals surface area contributed by atoms with Gasteiger partial charge in [-0.05, 0) is 49.1 Å². The van der Waals surface area contributed by atoms with Gasteiger partial charge in [0.1, 0.15) is 24.7 Å². The summed E-state index contributed by atoms with van der Waals surface area (Å²) in [7, 11) is 1.43. The summed E-state index contributed by atoms with van der Waals surface area (Å²) in [6, 6.07) is 4.18. The van der Waals surface area contributed by atoms with Crippen LogP contribution in [0, 0.1) is 23.1 Å². The second-order valence-electron chi connectivity index (χ2n) is 9.62. The molecule has 0 aromatic heterocycles. The van der Waals surface area contributed by atoms with Gasteiger partial charge in [0.25, 0.3) is 5.91 Å². The summed E-state index contributed by atoms with van der Waals surface area (Å²) in [5, 5.41) is 6.94. The van der Waals surface area contributed by atoms with E-state index in [1.807, 2.05) is 19.1 Å². The third-order valence-corrected chi connectivity index (χ3v) is 7.36. The van der Waals surface area contributed by atoms with Gasteiger partial charge in [-0.15, -0.1) is 0 Å². The Balaban J connectivity index is 1.67. The number of allylic oxidation sites excluding steroid dienone is 2. The van der Waals surface area contributed by atoms with Crippen LogP contribution in [0.4, 0.5) is 4.39 Å². The summed E-state index contributed by atoms with van der Waals surface area (Å²) >= 11 is 0. The number of halogens is 1. The van der Waals surface area contributed by atoms with Crippen LogP contribution < -0.4 is 5.32 Å². The highest BCUT2D eigenvalue weighted by atomic mass is 19.1. The van der Waals surface area contributed by atoms with E-state index in [4.69, 9.17) is 14.3 Å². The standard InChI is InChI=1S/C28H31FN2O6/c1-5-36-22(32)10-9-17-7-6-8-20(29)23(17)26(33)30-15-19-21(31-35-4)12-14-28(3)13-11-18-16(2)27(34)37-25(18)24(19)28/h6-10,12,14,16,18,25H,5,11,13,15H2,1-4H3,(H,30,33)/b10-9+,31-21+/t16-,18-,25+,28-/m0/s1. The van der Waals surface area contributed by atoms with Crippen molar-refractivity contribution in [2.45, 2.75) is 39.7 Å². The molecule has 1 N–H and O–H groups in total. The first-order valence-electron chi connectivity index (χ1n) is 12.4. The van der Waals surface area contributed by atoms with Gasteiger partial charge in [-0.1, -0.05) is 37.2 Å². The number of carbonyl (C=O) groups is 3. The number of rotatable bonds is 7. The molecule has 3 aliphatic rings. The Morgan fingerprint density at radius 1 is 1.35 bits per heavy atom. The van der Waals surface area contributed by atoms with E-state index in [1.54, 1.807) is 13.0 Å². The summed E-state index contributed by atoms with van der Waals surface area (Å²) in [5.74, 6) is -2.41. The fourth-order valence-corrected chi connectivity index (χ4v) is 5.44. The summed E-state index contributed by atoms with van der Waals surface area (Å²) in [6.45, 7) is 5.85. The Labute approximate surface area is 215 Å².